The van der Waals surface area contributed by atoms with Crippen molar-refractivity contribution < 1.29 is 39.9 Å². The molecule has 1 aliphatic rings. The number of hydrogen-bond donors (Lipinski definition) is 6. The first kappa shape index (κ1) is 23.2. The summed E-state index contributed by atoms with van der Waals surface area (Å²) in [7, 11) is 0. The molecule has 0 aliphatic carbocycles. The Morgan fingerprint density at radius 3 is 2.52 bits per heavy atom. The van der Waals surface area contributed by atoms with Gasteiger partial charge in [0.1, 0.15) is 30.5 Å². The number of nitrogens with zero attached hydrogens (tertiary/aromatic N) is 1. The third kappa shape index (κ3) is 4.73. The topological polar surface area (TPSA) is 161 Å². The summed E-state index contributed by atoms with van der Waals surface area (Å²) in [5, 5.41) is 52.6. The lowest BCUT2D eigenvalue weighted by Gasteiger charge is -2.40. The smallest absolute Gasteiger partial charge is 0.326 e. The number of aliphatic hydroxyl groups excluding tert-OH is 4. The fourth-order valence-electron chi connectivity index (χ4n) is 3.90. The molecule has 10 nitrogen and oxygen atoms in total. The molecule has 10 heteroatoms. The standard InChI is InChI=1S/C21H28N2O8/c1-2-5-13(21(29)30)22-16(25)8-11-9-23(14-7-4-3-6-12(11)14)20-19(28)18(27)17(26)15(10-24)31-20/h3-4,6-7,9,13,15,17-20,24,26-28H,2,5,8,10H2,1H3,(H,22,25)(H,29,30)/t13-,15-,17-,18+,19-,20-/m1/s1. The Kier molecular flexibility index (Phi) is 7.29. The third-order valence-electron chi connectivity index (χ3n) is 5.53. The monoisotopic (exact) mass is 436 g/mol. The number of aliphatic carboxylic acids is 1. The Morgan fingerprint density at radius 1 is 1.16 bits per heavy atom. The quantitative estimate of drug-likeness (QED) is 0.324. The van der Waals surface area contributed by atoms with Crippen molar-refractivity contribution in [2.24, 2.45) is 0 Å². The highest BCUT2D eigenvalue weighted by molar-refractivity contribution is 5.91. The SMILES string of the molecule is CCC[C@@H](NC(=O)Cc1cn([C@@H]2O[C@H](CO)[C@@H](O)[C@H](O)[C@H]2O)c2ccccc12)C(=O)O. The maximum Gasteiger partial charge on any atom is 0.326 e. The molecule has 0 unspecified atom stereocenters. The van der Waals surface area contributed by atoms with Crippen molar-refractivity contribution in [3.63, 3.8) is 0 Å². The van der Waals surface area contributed by atoms with Crippen LogP contribution in [-0.2, 0) is 20.7 Å². The second kappa shape index (κ2) is 9.75. The second-order valence-corrected chi connectivity index (χ2v) is 7.72. The summed E-state index contributed by atoms with van der Waals surface area (Å²) in [6.07, 6.45) is -4.25. The lowest BCUT2D eigenvalue weighted by Crippen LogP contribution is -2.56. The van der Waals surface area contributed by atoms with Gasteiger partial charge in [0.05, 0.1) is 18.5 Å². The van der Waals surface area contributed by atoms with Crippen LogP contribution in [0.3, 0.4) is 0 Å². The van der Waals surface area contributed by atoms with Crippen LogP contribution in [0.4, 0.5) is 0 Å². The molecule has 1 saturated heterocycles. The molecule has 0 bridgehead atoms. The molecule has 1 aromatic carbocycles. The molecule has 3 rings (SSSR count). The Labute approximate surface area is 178 Å². The summed E-state index contributed by atoms with van der Waals surface area (Å²) < 4.78 is 7.19. The van der Waals surface area contributed by atoms with Gasteiger partial charge >= 0.3 is 5.97 Å². The zero-order valence-corrected chi connectivity index (χ0v) is 17.1. The van der Waals surface area contributed by atoms with Crippen LogP contribution in [0.15, 0.2) is 30.5 Å². The molecular weight excluding hydrogens is 408 g/mol. The summed E-state index contributed by atoms with van der Waals surface area (Å²) in [5.74, 6) is -1.56. The minimum absolute atomic E-state index is 0.0988. The molecule has 1 aliphatic heterocycles. The van der Waals surface area contributed by atoms with Gasteiger partial charge in [-0.25, -0.2) is 4.79 Å². The van der Waals surface area contributed by atoms with E-state index in [-0.39, 0.29) is 6.42 Å². The van der Waals surface area contributed by atoms with Crippen LogP contribution in [0.25, 0.3) is 10.9 Å². The molecular formula is C21H28N2O8. The number of fused-ring (bicyclic) bond motifs is 1. The van der Waals surface area contributed by atoms with E-state index in [9.17, 15) is 35.1 Å². The second-order valence-electron chi connectivity index (χ2n) is 7.72. The van der Waals surface area contributed by atoms with E-state index in [2.05, 4.69) is 5.32 Å². The van der Waals surface area contributed by atoms with E-state index in [1.807, 2.05) is 6.92 Å². The van der Waals surface area contributed by atoms with Gasteiger partial charge in [-0.3, -0.25) is 4.79 Å². The number of nitrogens with one attached hydrogen (secondary N) is 1. The van der Waals surface area contributed by atoms with Crippen molar-refractivity contribution in [3.8, 4) is 0 Å². The molecule has 1 aromatic heterocycles. The average molecular weight is 436 g/mol. The highest BCUT2D eigenvalue weighted by atomic mass is 16.6. The molecule has 2 heterocycles. The van der Waals surface area contributed by atoms with Crippen molar-refractivity contribution in [2.45, 2.75) is 62.9 Å². The number of aromatic nitrogens is 1. The number of rotatable bonds is 8. The van der Waals surface area contributed by atoms with Gasteiger partial charge in [-0.1, -0.05) is 31.5 Å². The molecule has 0 spiro atoms. The minimum Gasteiger partial charge on any atom is -0.480 e. The van der Waals surface area contributed by atoms with E-state index < -0.39 is 55.2 Å². The number of carboxylic acid groups (broad SMARTS) is 1. The van der Waals surface area contributed by atoms with E-state index >= 15 is 0 Å². The molecule has 0 saturated carbocycles. The van der Waals surface area contributed by atoms with Crippen LogP contribution in [0.1, 0.15) is 31.6 Å². The van der Waals surface area contributed by atoms with E-state index in [0.29, 0.717) is 29.3 Å². The van der Waals surface area contributed by atoms with Gasteiger partial charge < -0.3 is 40.2 Å². The number of aliphatic hydroxyl groups is 4. The first-order chi connectivity index (χ1) is 14.8. The van der Waals surface area contributed by atoms with Crippen molar-refractivity contribution in [3.05, 3.63) is 36.0 Å². The lowest BCUT2D eigenvalue weighted by atomic mass is 9.98. The first-order valence-electron chi connectivity index (χ1n) is 10.2. The highest BCUT2D eigenvalue weighted by Crippen LogP contribution is 2.33. The number of para-hydroxylation sites is 1. The normalized spacial score (nSPS) is 27.2. The Bertz CT molecular complexity index is 927. The van der Waals surface area contributed by atoms with Gasteiger partial charge in [-0.15, -0.1) is 0 Å². The fraction of sp³-hybridized carbons (Fsp3) is 0.524. The molecule has 31 heavy (non-hydrogen) atoms. The third-order valence-corrected chi connectivity index (χ3v) is 5.53. The summed E-state index contributed by atoms with van der Waals surface area (Å²) in [6, 6.07) is 6.08. The van der Waals surface area contributed by atoms with Crippen molar-refractivity contribution >= 4 is 22.8 Å². The van der Waals surface area contributed by atoms with Gasteiger partial charge in [0, 0.05) is 11.6 Å². The summed E-state index contributed by atoms with van der Waals surface area (Å²) in [4.78, 5) is 23.8. The Morgan fingerprint density at radius 2 is 1.87 bits per heavy atom. The predicted molar refractivity (Wildman–Crippen MR) is 109 cm³/mol. The number of benzene rings is 1. The summed E-state index contributed by atoms with van der Waals surface area (Å²) in [5.41, 5.74) is 1.18. The molecule has 6 atom stereocenters. The van der Waals surface area contributed by atoms with Crippen LogP contribution in [0, 0.1) is 0 Å². The molecule has 6 N–H and O–H groups in total. The van der Waals surface area contributed by atoms with Crippen LogP contribution in [-0.4, -0.2) is 79.0 Å². The van der Waals surface area contributed by atoms with Gasteiger partial charge in [0.2, 0.25) is 5.91 Å². The largest absolute Gasteiger partial charge is 0.480 e. The summed E-state index contributed by atoms with van der Waals surface area (Å²) in [6.45, 7) is 1.28. The fourth-order valence-corrected chi connectivity index (χ4v) is 3.90. The molecule has 1 amide bonds. The predicted octanol–water partition coefficient (Wildman–Crippen LogP) is -0.474. The zero-order chi connectivity index (χ0) is 22.7. The van der Waals surface area contributed by atoms with Gasteiger partial charge in [0.15, 0.2) is 6.23 Å². The Balaban J connectivity index is 1.90. The highest BCUT2D eigenvalue weighted by Gasteiger charge is 2.44. The van der Waals surface area contributed by atoms with Gasteiger partial charge in [0.25, 0.3) is 0 Å². The average Bonchev–Trinajstić information content (AvgIpc) is 3.10. The first-order valence-corrected chi connectivity index (χ1v) is 10.2. The van der Waals surface area contributed by atoms with Crippen molar-refractivity contribution in [1.82, 2.24) is 9.88 Å². The van der Waals surface area contributed by atoms with Gasteiger partial charge in [-0.2, -0.15) is 0 Å². The lowest BCUT2D eigenvalue weighted by molar-refractivity contribution is -0.250. The number of amides is 1. The minimum atomic E-state index is -1.53. The molecule has 0 radical (unpaired) electrons. The number of carboxylic acids is 1. The molecule has 170 valence electrons. The molecule has 2 aromatic rings. The maximum absolute atomic E-state index is 12.5. The number of ether oxygens (including phenoxy) is 1. The maximum atomic E-state index is 12.5. The molecule has 1 fully saturated rings. The van der Waals surface area contributed by atoms with Crippen LogP contribution in [0.5, 0.6) is 0 Å². The van der Waals surface area contributed by atoms with Crippen molar-refractivity contribution in [1.29, 1.82) is 0 Å². The van der Waals surface area contributed by atoms with Crippen LogP contribution < -0.4 is 5.32 Å². The summed E-state index contributed by atoms with van der Waals surface area (Å²) >= 11 is 0. The van der Waals surface area contributed by atoms with E-state index in [4.69, 9.17) is 4.74 Å². The van der Waals surface area contributed by atoms with Crippen LogP contribution in [0.2, 0.25) is 0 Å². The number of carbonyl (C=O) groups is 2. The Hall–Kier alpha value is -2.50. The number of hydrogen-bond acceptors (Lipinski definition) is 7. The number of carbonyl (C=O) groups excluding carboxylic acids is 1. The van der Waals surface area contributed by atoms with Gasteiger partial charge in [-0.05, 0) is 18.1 Å². The van der Waals surface area contributed by atoms with Crippen LogP contribution >= 0.6 is 0 Å². The van der Waals surface area contributed by atoms with E-state index in [1.165, 1.54) is 0 Å². The van der Waals surface area contributed by atoms with E-state index in [1.54, 1.807) is 35.0 Å². The van der Waals surface area contributed by atoms with Crippen molar-refractivity contribution in [2.75, 3.05) is 6.61 Å². The van der Waals surface area contributed by atoms with E-state index in [0.717, 1.165) is 0 Å². The zero-order valence-electron chi connectivity index (χ0n) is 17.1.